The summed E-state index contributed by atoms with van der Waals surface area (Å²) in [5.41, 5.74) is 10.8. The minimum atomic E-state index is 0.462. The lowest BCUT2D eigenvalue weighted by molar-refractivity contribution is 0.738. The van der Waals surface area contributed by atoms with Crippen LogP contribution in [0.2, 0.25) is 5.02 Å². The van der Waals surface area contributed by atoms with Gasteiger partial charge in [-0.1, -0.05) is 31.5 Å². The second-order valence-corrected chi connectivity index (χ2v) is 5.26. The topological polar surface area (TPSA) is 30.9 Å². The molecule has 0 aliphatic carbocycles. The molecule has 0 saturated carbocycles. The predicted molar refractivity (Wildman–Crippen MR) is 74.6 cm³/mol. The van der Waals surface area contributed by atoms with Gasteiger partial charge in [-0.25, -0.2) is 0 Å². The van der Waals surface area contributed by atoms with Crippen LogP contribution in [-0.2, 0) is 13.6 Å². The summed E-state index contributed by atoms with van der Waals surface area (Å²) in [4.78, 5) is 0. The van der Waals surface area contributed by atoms with Crippen molar-refractivity contribution in [1.29, 1.82) is 0 Å². The highest BCUT2D eigenvalue weighted by atomic mass is 35.5. The Bertz CT molecular complexity index is 567. The Labute approximate surface area is 107 Å². The third-order valence-corrected chi connectivity index (χ3v) is 3.86. The zero-order valence-corrected chi connectivity index (χ0v) is 11.6. The Balaban J connectivity index is 2.94. The van der Waals surface area contributed by atoms with Crippen LogP contribution in [0.1, 0.15) is 36.6 Å². The van der Waals surface area contributed by atoms with E-state index in [-0.39, 0.29) is 0 Å². The van der Waals surface area contributed by atoms with E-state index >= 15 is 0 Å². The van der Waals surface area contributed by atoms with Crippen LogP contribution in [0, 0.1) is 6.92 Å². The standard InChI is InChI=1S/C14H19ClN2/c1-8(2)13-11(7-16)10-5-6-12(15)9(3)14(10)17(13)4/h5-6,8H,7,16H2,1-4H3. The molecule has 92 valence electrons. The fraction of sp³-hybridized carbons (Fsp3) is 0.429. The van der Waals surface area contributed by atoms with Gasteiger partial charge in [0, 0.05) is 29.7 Å². The molecule has 1 aromatic carbocycles. The molecule has 1 heterocycles. The number of nitrogens with two attached hydrogens (primary N) is 1. The van der Waals surface area contributed by atoms with Crippen molar-refractivity contribution in [2.24, 2.45) is 12.8 Å². The van der Waals surface area contributed by atoms with E-state index in [2.05, 4.69) is 38.5 Å². The number of benzene rings is 1. The van der Waals surface area contributed by atoms with Crippen LogP contribution in [-0.4, -0.2) is 4.57 Å². The van der Waals surface area contributed by atoms with Crippen molar-refractivity contribution in [1.82, 2.24) is 4.57 Å². The molecule has 2 nitrogen and oxygen atoms in total. The van der Waals surface area contributed by atoms with Gasteiger partial charge in [-0.15, -0.1) is 0 Å². The fourth-order valence-electron chi connectivity index (χ4n) is 2.76. The molecule has 0 bridgehead atoms. The maximum absolute atomic E-state index is 6.20. The highest BCUT2D eigenvalue weighted by molar-refractivity contribution is 6.32. The first-order valence-electron chi connectivity index (χ1n) is 5.95. The molecule has 0 aliphatic heterocycles. The molecule has 0 spiro atoms. The molecule has 0 radical (unpaired) electrons. The van der Waals surface area contributed by atoms with Crippen molar-refractivity contribution in [3.8, 4) is 0 Å². The average molecular weight is 251 g/mol. The zero-order chi connectivity index (χ0) is 12.7. The molecule has 0 aliphatic rings. The summed E-state index contributed by atoms with van der Waals surface area (Å²) >= 11 is 6.20. The summed E-state index contributed by atoms with van der Waals surface area (Å²) in [5, 5.41) is 2.05. The Morgan fingerprint density at radius 3 is 2.53 bits per heavy atom. The summed E-state index contributed by atoms with van der Waals surface area (Å²) in [7, 11) is 2.10. The van der Waals surface area contributed by atoms with E-state index in [4.69, 9.17) is 17.3 Å². The maximum atomic E-state index is 6.20. The lowest BCUT2D eigenvalue weighted by Gasteiger charge is -2.10. The fourth-order valence-corrected chi connectivity index (χ4v) is 2.91. The Hall–Kier alpha value is -0.990. The van der Waals surface area contributed by atoms with Gasteiger partial charge in [0.1, 0.15) is 0 Å². The zero-order valence-electron chi connectivity index (χ0n) is 10.8. The first kappa shape index (κ1) is 12.5. The van der Waals surface area contributed by atoms with Gasteiger partial charge in [0.05, 0.1) is 5.52 Å². The van der Waals surface area contributed by atoms with Crippen molar-refractivity contribution in [3.05, 3.63) is 34.0 Å². The number of rotatable bonds is 2. The highest BCUT2D eigenvalue weighted by Gasteiger charge is 2.18. The second kappa shape index (κ2) is 4.35. The summed E-state index contributed by atoms with van der Waals surface area (Å²) in [6.45, 7) is 7.04. The number of halogens is 1. The van der Waals surface area contributed by atoms with Gasteiger partial charge in [0.25, 0.3) is 0 Å². The van der Waals surface area contributed by atoms with Gasteiger partial charge in [-0.2, -0.15) is 0 Å². The summed E-state index contributed by atoms with van der Waals surface area (Å²) in [5.74, 6) is 0.462. The minimum Gasteiger partial charge on any atom is -0.347 e. The van der Waals surface area contributed by atoms with Crippen LogP contribution >= 0.6 is 11.6 Å². The molecule has 2 rings (SSSR count). The molecule has 0 unspecified atom stereocenters. The van der Waals surface area contributed by atoms with Crippen molar-refractivity contribution in [3.63, 3.8) is 0 Å². The average Bonchev–Trinajstić information content (AvgIpc) is 2.57. The number of hydrogen-bond donors (Lipinski definition) is 1. The normalized spacial score (nSPS) is 11.7. The lowest BCUT2D eigenvalue weighted by Crippen LogP contribution is -2.05. The summed E-state index contributed by atoms with van der Waals surface area (Å²) in [6.07, 6.45) is 0. The molecular formula is C14H19ClN2. The first-order valence-corrected chi connectivity index (χ1v) is 6.33. The molecule has 0 atom stereocenters. The molecule has 2 aromatic rings. The van der Waals surface area contributed by atoms with Crippen LogP contribution < -0.4 is 5.73 Å². The van der Waals surface area contributed by atoms with Gasteiger partial charge in [0.15, 0.2) is 0 Å². The molecular weight excluding hydrogens is 232 g/mol. The van der Waals surface area contributed by atoms with E-state index in [9.17, 15) is 0 Å². The Morgan fingerprint density at radius 2 is 2.00 bits per heavy atom. The monoisotopic (exact) mass is 250 g/mol. The SMILES string of the molecule is Cc1c(Cl)ccc2c(CN)c(C(C)C)n(C)c12. The predicted octanol–water partition coefficient (Wildman–Crippen LogP) is 3.72. The van der Waals surface area contributed by atoms with Gasteiger partial charge in [-0.3, -0.25) is 0 Å². The van der Waals surface area contributed by atoms with E-state index in [0.29, 0.717) is 12.5 Å². The number of aryl methyl sites for hydroxylation is 2. The largest absolute Gasteiger partial charge is 0.347 e. The van der Waals surface area contributed by atoms with E-state index < -0.39 is 0 Å². The Kier molecular flexibility index (Phi) is 3.19. The Morgan fingerprint density at radius 1 is 1.35 bits per heavy atom. The quantitative estimate of drug-likeness (QED) is 0.865. The molecule has 2 N–H and O–H groups in total. The van der Waals surface area contributed by atoms with Crippen molar-refractivity contribution >= 4 is 22.5 Å². The van der Waals surface area contributed by atoms with Crippen LogP contribution in [0.5, 0.6) is 0 Å². The molecule has 0 saturated heterocycles. The van der Waals surface area contributed by atoms with Crippen LogP contribution in [0.15, 0.2) is 12.1 Å². The molecule has 1 aromatic heterocycles. The summed E-state index contributed by atoms with van der Waals surface area (Å²) < 4.78 is 2.24. The summed E-state index contributed by atoms with van der Waals surface area (Å²) in [6, 6.07) is 4.04. The van der Waals surface area contributed by atoms with Crippen LogP contribution in [0.25, 0.3) is 10.9 Å². The van der Waals surface area contributed by atoms with Gasteiger partial charge in [-0.05, 0) is 30.0 Å². The first-order chi connectivity index (χ1) is 7.99. The van der Waals surface area contributed by atoms with Gasteiger partial charge in [0.2, 0.25) is 0 Å². The molecule has 17 heavy (non-hydrogen) atoms. The third-order valence-electron chi connectivity index (χ3n) is 3.45. The maximum Gasteiger partial charge on any atom is 0.0528 e. The van der Waals surface area contributed by atoms with Crippen molar-refractivity contribution < 1.29 is 0 Å². The third kappa shape index (κ3) is 1.76. The molecule has 0 amide bonds. The van der Waals surface area contributed by atoms with Crippen molar-refractivity contribution in [2.75, 3.05) is 0 Å². The van der Waals surface area contributed by atoms with Crippen LogP contribution in [0.4, 0.5) is 0 Å². The number of fused-ring (bicyclic) bond motifs is 1. The highest BCUT2D eigenvalue weighted by Crippen LogP contribution is 2.34. The smallest absolute Gasteiger partial charge is 0.0528 e. The van der Waals surface area contributed by atoms with E-state index in [1.807, 2.05) is 6.07 Å². The van der Waals surface area contributed by atoms with Crippen molar-refractivity contribution in [2.45, 2.75) is 33.2 Å². The minimum absolute atomic E-state index is 0.462. The second-order valence-electron chi connectivity index (χ2n) is 4.85. The van der Waals surface area contributed by atoms with Gasteiger partial charge >= 0.3 is 0 Å². The number of hydrogen-bond acceptors (Lipinski definition) is 1. The van der Waals surface area contributed by atoms with E-state index in [0.717, 1.165) is 10.6 Å². The number of nitrogens with zero attached hydrogens (tertiary/aromatic N) is 1. The molecule has 3 heteroatoms. The molecule has 0 fully saturated rings. The number of aromatic nitrogens is 1. The lowest BCUT2D eigenvalue weighted by atomic mass is 10.0. The van der Waals surface area contributed by atoms with E-state index in [1.54, 1.807) is 0 Å². The van der Waals surface area contributed by atoms with Crippen LogP contribution in [0.3, 0.4) is 0 Å². The van der Waals surface area contributed by atoms with Gasteiger partial charge < -0.3 is 10.3 Å². The van der Waals surface area contributed by atoms with E-state index in [1.165, 1.54) is 22.2 Å².